The van der Waals surface area contributed by atoms with Crippen molar-refractivity contribution in [1.82, 2.24) is 15.1 Å². The van der Waals surface area contributed by atoms with Gasteiger partial charge in [-0.3, -0.25) is 4.68 Å². The number of rotatable bonds is 6. The van der Waals surface area contributed by atoms with E-state index in [4.69, 9.17) is 16.3 Å². The minimum atomic E-state index is -0.499. The first kappa shape index (κ1) is 13.4. The lowest BCUT2D eigenvalue weighted by Gasteiger charge is -2.10. The van der Waals surface area contributed by atoms with E-state index in [1.165, 1.54) is 0 Å². The zero-order valence-electron chi connectivity index (χ0n) is 9.83. The third-order valence-electron chi connectivity index (χ3n) is 2.31. The van der Waals surface area contributed by atoms with E-state index < -0.39 is 6.10 Å². The number of methoxy groups -OCH3 is 1. The van der Waals surface area contributed by atoms with Crippen molar-refractivity contribution in [2.75, 3.05) is 20.3 Å². The fourth-order valence-electron chi connectivity index (χ4n) is 1.49. The van der Waals surface area contributed by atoms with Crippen molar-refractivity contribution in [3.63, 3.8) is 0 Å². The van der Waals surface area contributed by atoms with Crippen LogP contribution in [0.3, 0.4) is 0 Å². The van der Waals surface area contributed by atoms with Crippen LogP contribution in [0, 0.1) is 6.92 Å². The molecule has 92 valence electrons. The lowest BCUT2D eigenvalue weighted by molar-refractivity contribution is 0.0644. The third kappa shape index (κ3) is 3.45. The summed E-state index contributed by atoms with van der Waals surface area (Å²) in [4.78, 5) is 0. The lowest BCUT2D eigenvalue weighted by atomic mass is 10.2. The highest BCUT2D eigenvalue weighted by molar-refractivity contribution is 6.30. The predicted octanol–water partition coefficient (Wildman–Crippen LogP) is 0.479. The van der Waals surface area contributed by atoms with Crippen molar-refractivity contribution in [3.8, 4) is 0 Å². The summed E-state index contributed by atoms with van der Waals surface area (Å²) in [5.74, 6) is 0. The Morgan fingerprint density at radius 3 is 2.81 bits per heavy atom. The minimum Gasteiger partial charge on any atom is -0.389 e. The highest BCUT2D eigenvalue weighted by Crippen LogP contribution is 2.17. The van der Waals surface area contributed by atoms with E-state index in [0.29, 0.717) is 24.8 Å². The number of nitrogens with one attached hydrogen (secondary N) is 1. The van der Waals surface area contributed by atoms with Gasteiger partial charge in [0.05, 0.1) is 18.4 Å². The van der Waals surface area contributed by atoms with E-state index in [2.05, 4.69) is 10.4 Å². The van der Waals surface area contributed by atoms with Gasteiger partial charge in [-0.2, -0.15) is 5.10 Å². The minimum absolute atomic E-state index is 0.326. The number of aliphatic hydroxyl groups is 1. The van der Waals surface area contributed by atoms with Gasteiger partial charge in [0.25, 0.3) is 0 Å². The molecule has 1 unspecified atom stereocenters. The van der Waals surface area contributed by atoms with Crippen LogP contribution < -0.4 is 5.32 Å². The molecule has 0 radical (unpaired) electrons. The Hall–Kier alpha value is -0.620. The molecule has 0 spiro atoms. The number of aromatic nitrogens is 2. The molecular formula is C10H18ClN3O2. The SMILES string of the molecule is COCC(O)CNCc1c(C)nn(C)c1Cl. The van der Waals surface area contributed by atoms with Gasteiger partial charge in [0, 0.05) is 32.8 Å². The fraction of sp³-hybridized carbons (Fsp3) is 0.700. The van der Waals surface area contributed by atoms with Crippen LogP contribution in [0.25, 0.3) is 0 Å². The standard InChI is InChI=1S/C10H18ClN3O2/c1-7-9(10(11)14(2)13-7)5-12-4-8(15)6-16-3/h8,12,15H,4-6H2,1-3H3. The maximum Gasteiger partial charge on any atom is 0.131 e. The second-order valence-corrected chi connectivity index (χ2v) is 4.08. The molecule has 0 aromatic carbocycles. The summed E-state index contributed by atoms with van der Waals surface area (Å²) in [6.45, 7) is 3.30. The molecule has 0 saturated heterocycles. The van der Waals surface area contributed by atoms with Gasteiger partial charge >= 0.3 is 0 Å². The van der Waals surface area contributed by atoms with E-state index >= 15 is 0 Å². The quantitative estimate of drug-likeness (QED) is 0.768. The first-order chi connectivity index (χ1) is 7.56. The topological polar surface area (TPSA) is 59.3 Å². The second kappa shape index (κ2) is 6.20. The molecule has 2 N–H and O–H groups in total. The van der Waals surface area contributed by atoms with E-state index in [0.717, 1.165) is 11.3 Å². The molecular weight excluding hydrogens is 230 g/mol. The number of halogens is 1. The van der Waals surface area contributed by atoms with Gasteiger partial charge in [-0.15, -0.1) is 0 Å². The first-order valence-corrected chi connectivity index (χ1v) is 5.49. The van der Waals surface area contributed by atoms with Crippen LogP contribution in [0.1, 0.15) is 11.3 Å². The number of aliphatic hydroxyl groups excluding tert-OH is 1. The van der Waals surface area contributed by atoms with Gasteiger partial charge in [-0.05, 0) is 6.92 Å². The van der Waals surface area contributed by atoms with Gasteiger partial charge in [0.1, 0.15) is 5.15 Å². The maximum atomic E-state index is 9.43. The summed E-state index contributed by atoms with van der Waals surface area (Å²) < 4.78 is 6.46. The highest BCUT2D eigenvalue weighted by atomic mass is 35.5. The van der Waals surface area contributed by atoms with E-state index in [9.17, 15) is 5.11 Å². The van der Waals surface area contributed by atoms with Gasteiger partial charge in [0.2, 0.25) is 0 Å². The van der Waals surface area contributed by atoms with Gasteiger partial charge < -0.3 is 15.2 Å². The van der Waals surface area contributed by atoms with Gasteiger partial charge in [0.15, 0.2) is 0 Å². The number of nitrogens with zero attached hydrogens (tertiary/aromatic N) is 2. The number of hydrogen-bond donors (Lipinski definition) is 2. The fourth-order valence-corrected chi connectivity index (χ4v) is 1.73. The van der Waals surface area contributed by atoms with Crippen molar-refractivity contribution in [3.05, 3.63) is 16.4 Å². The number of ether oxygens (including phenoxy) is 1. The molecule has 1 rings (SSSR count). The maximum absolute atomic E-state index is 9.43. The molecule has 16 heavy (non-hydrogen) atoms. The number of aryl methyl sites for hydroxylation is 2. The van der Waals surface area contributed by atoms with E-state index in [-0.39, 0.29) is 0 Å². The Balaban J connectivity index is 2.43. The number of hydrogen-bond acceptors (Lipinski definition) is 4. The molecule has 0 saturated carbocycles. The monoisotopic (exact) mass is 247 g/mol. The molecule has 1 heterocycles. The average molecular weight is 248 g/mol. The van der Waals surface area contributed by atoms with Crippen LogP contribution in [0.2, 0.25) is 5.15 Å². The Morgan fingerprint density at radius 1 is 1.62 bits per heavy atom. The Bertz CT molecular complexity index is 341. The summed E-state index contributed by atoms with van der Waals surface area (Å²) >= 11 is 6.06. The van der Waals surface area contributed by atoms with Crippen LogP contribution in [0.4, 0.5) is 0 Å². The Morgan fingerprint density at radius 2 is 2.31 bits per heavy atom. The molecule has 1 atom stereocenters. The summed E-state index contributed by atoms with van der Waals surface area (Å²) in [6.07, 6.45) is -0.499. The largest absolute Gasteiger partial charge is 0.389 e. The molecule has 1 aromatic rings. The summed E-state index contributed by atoms with van der Waals surface area (Å²) in [6, 6.07) is 0. The zero-order chi connectivity index (χ0) is 12.1. The van der Waals surface area contributed by atoms with Crippen molar-refractivity contribution >= 4 is 11.6 Å². The Labute approximate surface area is 100 Å². The van der Waals surface area contributed by atoms with Crippen molar-refractivity contribution in [1.29, 1.82) is 0 Å². The summed E-state index contributed by atoms with van der Waals surface area (Å²) in [5, 5.41) is 17.4. The molecule has 0 amide bonds. The van der Waals surface area contributed by atoms with Crippen LogP contribution >= 0.6 is 11.6 Å². The Kier molecular flexibility index (Phi) is 5.21. The smallest absolute Gasteiger partial charge is 0.131 e. The van der Waals surface area contributed by atoms with E-state index in [1.54, 1.807) is 18.8 Å². The first-order valence-electron chi connectivity index (χ1n) is 5.12. The predicted molar refractivity (Wildman–Crippen MR) is 62.5 cm³/mol. The van der Waals surface area contributed by atoms with Crippen molar-refractivity contribution in [2.24, 2.45) is 7.05 Å². The van der Waals surface area contributed by atoms with Crippen LogP contribution in [0.15, 0.2) is 0 Å². The second-order valence-electron chi connectivity index (χ2n) is 3.72. The molecule has 0 aliphatic heterocycles. The molecule has 0 aliphatic carbocycles. The molecule has 1 aromatic heterocycles. The third-order valence-corrected chi connectivity index (χ3v) is 2.78. The van der Waals surface area contributed by atoms with Gasteiger partial charge in [-0.1, -0.05) is 11.6 Å². The molecule has 0 bridgehead atoms. The zero-order valence-corrected chi connectivity index (χ0v) is 10.6. The summed E-state index contributed by atoms with van der Waals surface area (Å²) in [5.41, 5.74) is 1.87. The normalized spacial score (nSPS) is 13.1. The van der Waals surface area contributed by atoms with Crippen molar-refractivity contribution in [2.45, 2.75) is 19.6 Å². The summed E-state index contributed by atoms with van der Waals surface area (Å²) in [7, 11) is 3.37. The highest BCUT2D eigenvalue weighted by Gasteiger charge is 2.11. The van der Waals surface area contributed by atoms with Gasteiger partial charge in [-0.25, -0.2) is 0 Å². The average Bonchev–Trinajstić information content (AvgIpc) is 2.45. The lowest BCUT2D eigenvalue weighted by Crippen LogP contribution is -2.29. The van der Waals surface area contributed by atoms with Crippen LogP contribution in [-0.2, 0) is 18.3 Å². The van der Waals surface area contributed by atoms with Crippen molar-refractivity contribution < 1.29 is 9.84 Å². The molecule has 6 heteroatoms. The molecule has 0 fully saturated rings. The van der Waals surface area contributed by atoms with E-state index in [1.807, 2.05) is 6.92 Å². The molecule has 0 aliphatic rings. The molecule has 5 nitrogen and oxygen atoms in total. The van der Waals surface area contributed by atoms with Crippen LogP contribution in [-0.4, -0.2) is 41.3 Å². The van der Waals surface area contributed by atoms with Crippen LogP contribution in [0.5, 0.6) is 0 Å².